The van der Waals surface area contributed by atoms with Gasteiger partial charge in [0.05, 0.1) is 11.7 Å². The molecule has 1 aliphatic rings. The fourth-order valence-corrected chi connectivity index (χ4v) is 5.50. The van der Waals surface area contributed by atoms with Crippen LogP contribution in [-0.4, -0.2) is 44.6 Å². The van der Waals surface area contributed by atoms with Gasteiger partial charge in [0.15, 0.2) is 11.0 Å². The second-order valence-corrected chi connectivity index (χ2v) is 10.5. The number of alkyl halides is 3. The SMILES string of the molecule is Cc1cccc(C)c1N1CCSC1=NC(=O)NC(C)c1ccc(-c2ncn(-c3ccc(OC(F)(F)F)cc3)n2)cc1. The van der Waals surface area contributed by atoms with Crippen molar-refractivity contribution in [1.29, 1.82) is 0 Å². The number of para-hydroxylation sites is 1. The highest BCUT2D eigenvalue weighted by Gasteiger charge is 2.31. The summed E-state index contributed by atoms with van der Waals surface area (Å²) in [4.78, 5) is 23.6. The minimum atomic E-state index is -4.75. The number of amides is 2. The van der Waals surface area contributed by atoms with Crippen LogP contribution < -0.4 is 15.0 Å². The standard InChI is InChI=1S/C29H27F3N6O2S/c1-18-5-4-6-19(2)25(18)37-15-16-41-28(37)35-27(39)34-20(3)21-7-9-22(10-8-21)26-33-17-38(36-26)23-11-13-24(14-12-23)40-29(30,31)32/h4-14,17,20H,15-16H2,1-3H3,(H,34,39). The molecule has 1 aromatic heterocycles. The Morgan fingerprint density at radius 1 is 1.05 bits per heavy atom. The van der Waals surface area contributed by atoms with Gasteiger partial charge in [0.2, 0.25) is 0 Å². The summed E-state index contributed by atoms with van der Waals surface area (Å²) in [6.07, 6.45) is -3.27. The van der Waals surface area contributed by atoms with Gasteiger partial charge in [0.1, 0.15) is 12.1 Å². The summed E-state index contributed by atoms with van der Waals surface area (Å²) in [5, 5.41) is 8.06. The molecule has 1 saturated heterocycles. The first-order chi connectivity index (χ1) is 19.6. The molecule has 1 aliphatic heterocycles. The van der Waals surface area contributed by atoms with Crippen molar-refractivity contribution in [3.05, 3.63) is 89.7 Å². The Labute approximate surface area is 239 Å². The second kappa shape index (κ2) is 11.7. The number of carbonyl (C=O) groups excluding carboxylic acids is 1. The monoisotopic (exact) mass is 580 g/mol. The maximum atomic E-state index is 12.8. The molecule has 0 saturated carbocycles. The lowest BCUT2D eigenvalue weighted by atomic mass is 10.1. The highest BCUT2D eigenvalue weighted by atomic mass is 32.2. The molecule has 5 rings (SSSR count). The molecule has 3 aromatic carbocycles. The van der Waals surface area contributed by atoms with Gasteiger partial charge < -0.3 is 15.0 Å². The first-order valence-electron chi connectivity index (χ1n) is 12.8. The van der Waals surface area contributed by atoms with E-state index in [4.69, 9.17) is 0 Å². The molecule has 0 radical (unpaired) electrons. The van der Waals surface area contributed by atoms with Crippen molar-refractivity contribution in [3.63, 3.8) is 0 Å². The van der Waals surface area contributed by atoms with Gasteiger partial charge in [0.25, 0.3) is 0 Å². The molecular formula is C29H27F3N6O2S. The number of hydrogen-bond donors (Lipinski definition) is 1. The number of benzene rings is 3. The third-order valence-corrected chi connectivity index (χ3v) is 7.48. The molecule has 1 N–H and O–H groups in total. The van der Waals surface area contributed by atoms with E-state index in [0.717, 1.165) is 40.2 Å². The van der Waals surface area contributed by atoms with Crippen LogP contribution in [0.4, 0.5) is 23.7 Å². The highest BCUT2D eigenvalue weighted by Crippen LogP contribution is 2.31. The van der Waals surface area contributed by atoms with E-state index in [-0.39, 0.29) is 11.8 Å². The van der Waals surface area contributed by atoms with Crippen LogP contribution in [0.15, 0.2) is 78.0 Å². The van der Waals surface area contributed by atoms with Crippen molar-refractivity contribution in [2.75, 3.05) is 17.2 Å². The number of carbonyl (C=O) groups is 1. The van der Waals surface area contributed by atoms with Crippen molar-refractivity contribution in [1.82, 2.24) is 20.1 Å². The van der Waals surface area contributed by atoms with E-state index in [2.05, 4.69) is 56.0 Å². The van der Waals surface area contributed by atoms with Crippen molar-refractivity contribution < 1.29 is 22.7 Å². The van der Waals surface area contributed by atoms with Gasteiger partial charge in [-0.25, -0.2) is 14.5 Å². The van der Waals surface area contributed by atoms with Crippen LogP contribution in [-0.2, 0) is 0 Å². The number of hydrogen-bond acceptors (Lipinski definition) is 5. The number of amidine groups is 1. The molecule has 8 nitrogen and oxygen atoms in total. The highest BCUT2D eigenvalue weighted by molar-refractivity contribution is 8.14. The number of anilines is 1. The molecule has 0 bridgehead atoms. The van der Waals surface area contributed by atoms with Gasteiger partial charge in [-0.3, -0.25) is 0 Å². The van der Waals surface area contributed by atoms with Gasteiger partial charge in [0, 0.05) is 23.5 Å². The lowest BCUT2D eigenvalue weighted by molar-refractivity contribution is -0.274. The van der Waals surface area contributed by atoms with Crippen molar-refractivity contribution in [2.45, 2.75) is 33.2 Å². The largest absolute Gasteiger partial charge is 0.573 e. The fourth-order valence-electron chi connectivity index (χ4n) is 4.56. The minimum Gasteiger partial charge on any atom is -0.406 e. The van der Waals surface area contributed by atoms with Crippen LogP contribution >= 0.6 is 11.8 Å². The van der Waals surface area contributed by atoms with E-state index in [1.165, 1.54) is 35.3 Å². The molecule has 0 spiro atoms. The first-order valence-corrected chi connectivity index (χ1v) is 13.8. The van der Waals surface area contributed by atoms with Gasteiger partial charge >= 0.3 is 12.4 Å². The number of aliphatic imine (C=N–C) groups is 1. The maximum absolute atomic E-state index is 12.8. The van der Waals surface area contributed by atoms with Crippen LogP contribution in [0.3, 0.4) is 0 Å². The van der Waals surface area contributed by atoms with Gasteiger partial charge in [-0.15, -0.1) is 18.3 Å². The van der Waals surface area contributed by atoms with Gasteiger partial charge in [-0.2, -0.15) is 4.99 Å². The maximum Gasteiger partial charge on any atom is 0.573 e. The van der Waals surface area contributed by atoms with Gasteiger partial charge in [-0.1, -0.05) is 54.2 Å². The Balaban J connectivity index is 1.23. The zero-order chi connectivity index (χ0) is 29.1. The van der Waals surface area contributed by atoms with Crippen LogP contribution in [0, 0.1) is 13.8 Å². The molecule has 4 aromatic rings. The van der Waals surface area contributed by atoms with E-state index in [9.17, 15) is 18.0 Å². The molecule has 41 heavy (non-hydrogen) atoms. The summed E-state index contributed by atoms with van der Waals surface area (Å²) in [5.74, 6) is 0.990. The van der Waals surface area contributed by atoms with Crippen LogP contribution in [0.2, 0.25) is 0 Å². The Morgan fingerprint density at radius 3 is 2.39 bits per heavy atom. The Morgan fingerprint density at radius 2 is 1.73 bits per heavy atom. The predicted molar refractivity (Wildman–Crippen MR) is 154 cm³/mol. The first kappa shape index (κ1) is 28.2. The third kappa shape index (κ3) is 6.71. The molecule has 2 amide bonds. The number of thioether (sulfide) groups is 1. The van der Waals surface area contributed by atoms with E-state index in [1.807, 2.05) is 37.3 Å². The number of aromatic nitrogens is 3. The van der Waals surface area contributed by atoms with Crippen molar-refractivity contribution >= 4 is 28.6 Å². The Kier molecular flexibility index (Phi) is 8.02. The summed E-state index contributed by atoms with van der Waals surface area (Å²) in [5.41, 5.74) is 5.53. The summed E-state index contributed by atoms with van der Waals surface area (Å²) < 4.78 is 42.6. The zero-order valence-electron chi connectivity index (χ0n) is 22.5. The number of nitrogens with one attached hydrogen (secondary N) is 1. The van der Waals surface area contributed by atoms with E-state index in [1.54, 1.807) is 11.8 Å². The van der Waals surface area contributed by atoms with Crippen molar-refractivity contribution in [3.8, 4) is 22.8 Å². The molecule has 1 unspecified atom stereocenters. The van der Waals surface area contributed by atoms with E-state index >= 15 is 0 Å². The van der Waals surface area contributed by atoms with Crippen molar-refractivity contribution in [2.24, 2.45) is 4.99 Å². The lowest BCUT2D eigenvalue weighted by Crippen LogP contribution is -2.29. The number of halogens is 3. The number of urea groups is 1. The molecule has 2 heterocycles. The number of ether oxygens (including phenoxy) is 1. The lowest BCUT2D eigenvalue weighted by Gasteiger charge is -2.22. The second-order valence-electron chi connectivity index (χ2n) is 9.48. The topological polar surface area (TPSA) is 84.6 Å². The molecule has 12 heteroatoms. The Hall–Kier alpha value is -4.32. The molecular weight excluding hydrogens is 553 g/mol. The zero-order valence-corrected chi connectivity index (χ0v) is 23.3. The summed E-state index contributed by atoms with van der Waals surface area (Å²) in [6.45, 7) is 6.80. The third-order valence-electron chi connectivity index (χ3n) is 6.52. The fraction of sp³-hybridized carbons (Fsp3) is 0.241. The number of aryl methyl sites for hydroxylation is 2. The summed E-state index contributed by atoms with van der Waals surface area (Å²) in [6, 6.07) is 18.2. The predicted octanol–water partition coefficient (Wildman–Crippen LogP) is 6.83. The number of rotatable bonds is 6. The summed E-state index contributed by atoms with van der Waals surface area (Å²) in [7, 11) is 0. The quantitative estimate of drug-likeness (QED) is 0.269. The Bertz CT molecular complexity index is 1550. The molecule has 1 atom stereocenters. The van der Waals surface area contributed by atoms with Crippen LogP contribution in [0.25, 0.3) is 17.1 Å². The minimum absolute atomic E-state index is 0.288. The van der Waals surface area contributed by atoms with E-state index < -0.39 is 12.4 Å². The normalized spacial score (nSPS) is 15.3. The smallest absolute Gasteiger partial charge is 0.406 e. The van der Waals surface area contributed by atoms with Crippen LogP contribution in [0.5, 0.6) is 5.75 Å². The summed E-state index contributed by atoms with van der Waals surface area (Å²) >= 11 is 1.56. The molecule has 1 fully saturated rings. The average molecular weight is 581 g/mol. The van der Waals surface area contributed by atoms with Gasteiger partial charge in [-0.05, 0) is 61.7 Å². The molecule has 0 aliphatic carbocycles. The molecule has 212 valence electrons. The average Bonchev–Trinajstić information content (AvgIpc) is 3.59. The van der Waals surface area contributed by atoms with E-state index in [0.29, 0.717) is 16.7 Å². The number of nitrogens with zero attached hydrogens (tertiary/aromatic N) is 5. The van der Waals surface area contributed by atoms with Crippen LogP contribution in [0.1, 0.15) is 29.7 Å².